The lowest BCUT2D eigenvalue weighted by atomic mass is 9.44. The van der Waals surface area contributed by atoms with Crippen LogP contribution in [0.15, 0.2) is 34.9 Å². The lowest BCUT2D eigenvalue weighted by molar-refractivity contribution is -0.195. The zero-order valence-electron chi connectivity index (χ0n) is 22.6. The minimum absolute atomic E-state index is 0.0791. The lowest BCUT2D eigenvalue weighted by Gasteiger charge is -2.62. The maximum Gasteiger partial charge on any atom is 0.0653 e. The van der Waals surface area contributed by atoms with Crippen LogP contribution in [0.3, 0.4) is 0 Å². The molecule has 0 amide bonds. The summed E-state index contributed by atoms with van der Waals surface area (Å²) in [5.41, 5.74) is 3.30. The summed E-state index contributed by atoms with van der Waals surface area (Å²) in [4.78, 5) is 0. The third kappa shape index (κ3) is 7.05. The molecule has 3 nitrogen and oxygen atoms in total. The second-order valence-electron chi connectivity index (χ2n) is 12.3. The average Bonchev–Trinajstić information content (AvgIpc) is 2.72. The number of rotatable bonds is 10. The molecule has 0 heterocycles. The van der Waals surface area contributed by atoms with Crippen LogP contribution in [0.4, 0.5) is 0 Å². The van der Waals surface area contributed by atoms with Gasteiger partial charge in [-0.25, -0.2) is 0 Å². The SMILES string of the molecule is C/C(=C\CC/C(C)=C/CC/C(C)=C/CC[C@@H]1[C@@]2(C)CC[C@H](O)C(C)(C)C2CC[C@@]1(C)O)CO. The maximum atomic E-state index is 11.4. The van der Waals surface area contributed by atoms with E-state index in [4.69, 9.17) is 5.11 Å². The van der Waals surface area contributed by atoms with Crippen molar-refractivity contribution in [2.24, 2.45) is 22.7 Å². The Kier molecular flexibility index (Phi) is 10.0. The summed E-state index contributed by atoms with van der Waals surface area (Å²) in [5.74, 6) is 0.741. The molecule has 3 heteroatoms. The third-order valence-electron chi connectivity index (χ3n) is 9.26. The van der Waals surface area contributed by atoms with E-state index in [2.05, 4.69) is 59.8 Å². The monoisotopic (exact) mass is 460 g/mol. The average molecular weight is 461 g/mol. The van der Waals surface area contributed by atoms with E-state index in [9.17, 15) is 10.2 Å². The van der Waals surface area contributed by atoms with Crippen LogP contribution < -0.4 is 0 Å². The predicted octanol–water partition coefficient (Wildman–Crippen LogP) is 7.12. The fourth-order valence-corrected chi connectivity index (χ4v) is 7.01. The molecule has 2 aliphatic carbocycles. The van der Waals surface area contributed by atoms with Crippen molar-refractivity contribution in [2.45, 2.75) is 124 Å². The van der Waals surface area contributed by atoms with E-state index in [1.165, 1.54) is 11.1 Å². The quantitative estimate of drug-likeness (QED) is 0.304. The molecule has 0 bridgehead atoms. The molecule has 0 radical (unpaired) electrons. The van der Waals surface area contributed by atoms with E-state index in [0.29, 0.717) is 5.92 Å². The molecule has 0 aromatic rings. The first-order valence-corrected chi connectivity index (χ1v) is 13.3. The van der Waals surface area contributed by atoms with Gasteiger partial charge in [0.2, 0.25) is 0 Å². The number of aliphatic hydroxyl groups is 3. The summed E-state index contributed by atoms with van der Waals surface area (Å²) in [7, 11) is 0. The van der Waals surface area contributed by atoms with E-state index < -0.39 is 5.60 Å². The number of hydrogen-bond acceptors (Lipinski definition) is 3. The molecule has 2 saturated carbocycles. The molecule has 2 fully saturated rings. The fraction of sp³-hybridized carbons (Fsp3) is 0.800. The first-order valence-electron chi connectivity index (χ1n) is 13.3. The summed E-state index contributed by atoms with van der Waals surface area (Å²) in [5, 5.41) is 31.1. The van der Waals surface area contributed by atoms with Gasteiger partial charge in [0.05, 0.1) is 18.3 Å². The van der Waals surface area contributed by atoms with Crippen molar-refractivity contribution >= 4 is 0 Å². The highest BCUT2D eigenvalue weighted by molar-refractivity contribution is 5.11. The second-order valence-corrected chi connectivity index (χ2v) is 12.3. The van der Waals surface area contributed by atoms with Gasteiger partial charge in [-0.2, -0.15) is 0 Å². The number of aliphatic hydroxyl groups excluding tert-OH is 2. The molecule has 33 heavy (non-hydrogen) atoms. The first kappa shape index (κ1) is 28.3. The molecule has 0 spiro atoms. The van der Waals surface area contributed by atoms with Gasteiger partial charge >= 0.3 is 0 Å². The Morgan fingerprint density at radius 3 is 1.94 bits per heavy atom. The summed E-state index contributed by atoms with van der Waals surface area (Å²) in [6.45, 7) is 15.5. The number of hydrogen-bond donors (Lipinski definition) is 3. The van der Waals surface area contributed by atoms with E-state index >= 15 is 0 Å². The van der Waals surface area contributed by atoms with Gasteiger partial charge in [-0.1, -0.05) is 55.7 Å². The molecule has 5 atom stereocenters. The van der Waals surface area contributed by atoms with Crippen LogP contribution in [0.1, 0.15) is 113 Å². The Morgan fingerprint density at radius 1 is 0.818 bits per heavy atom. The first-order chi connectivity index (χ1) is 15.3. The highest BCUT2D eigenvalue weighted by Gasteiger charge is 2.59. The van der Waals surface area contributed by atoms with Gasteiger partial charge in [0.25, 0.3) is 0 Å². The fourth-order valence-electron chi connectivity index (χ4n) is 7.01. The molecule has 2 aliphatic rings. The lowest BCUT2D eigenvalue weighted by Crippen LogP contribution is -2.60. The summed E-state index contributed by atoms with van der Waals surface area (Å²) < 4.78 is 0. The Morgan fingerprint density at radius 2 is 1.36 bits per heavy atom. The number of allylic oxidation sites excluding steroid dienone is 5. The molecular weight excluding hydrogens is 408 g/mol. The minimum Gasteiger partial charge on any atom is -0.393 e. The van der Waals surface area contributed by atoms with Crippen LogP contribution >= 0.6 is 0 Å². The van der Waals surface area contributed by atoms with Crippen molar-refractivity contribution in [1.82, 2.24) is 0 Å². The van der Waals surface area contributed by atoms with Gasteiger partial charge < -0.3 is 15.3 Å². The Labute approximate surface area is 204 Å². The topological polar surface area (TPSA) is 60.7 Å². The van der Waals surface area contributed by atoms with Crippen LogP contribution in [-0.4, -0.2) is 33.6 Å². The van der Waals surface area contributed by atoms with Gasteiger partial charge in [0.15, 0.2) is 0 Å². The zero-order chi connectivity index (χ0) is 24.9. The van der Waals surface area contributed by atoms with E-state index in [1.54, 1.807) is 0 Å². The van der Waals surface area contributed by atoms with Crippen molar-refractivity contribution in [3.05, 3.63) is 34.9 Å². The highest BCUT2D eigenvalue weighted by atomic mass is 16.3. The molecule has 3 N–H and O–H groups in total. The van der Waals surface area contributed by atoms with E-state index in [0.717, 1.165) is 69.8 Å². The smallest absolute Gasteiger partial charge is 0.0653 e. The van der Waals surface area contributed by atoms with Crippen LogP contribution in [0.5, 0.6) is 0 Å². The molecule has 0 aliphatic heterocycles. The van der Waals surface area contributed by atoms with Crippen LogP contribution in [0, 0.1) is 22.7 Å². The Hall–Kier alpha value is -0.900. The third-order valence-corrected chi connectivity index (χ3v) is 9.26. The molecule has 0 saturated heterocycles. The van der Waals surface area contributed by atoms with Gasteiger partial charge in [0.1, 0.15) is 0 Å². The van der Waals surface area contributed by atoms with Crippen molar-refractivity contribution in [3.63, 3.8) is 0 Å². The van der Waals surface area contributed by atoms with Gasteiger partial charge in [-0.3, -0.25) is 0 Å². The molecule has 1 unspecified atom stereocenters. The van der Waals surface area contributed by atoms with Crippen LogP contribution in [0.2, 0.25) is 0 Å². The highest BCUT2D eigenvalue weighted by Crippen LogP contribution is 2.62. The standard InChI is InChI=1S/C30H52O3/c1-22(13-9-15-24(3)21-31)11-8-12-23(2)14-10-16-26-29(6)19-18-27(32)28(4,5)25(29)17-20-30(26,7)33/h11,14-15,25-27,31-33H,8-10,12-13,16-21H2,1-7H3/b22-11+,23-14+,24-15+/t25?,26-,27+,29+,30-/m1/s1. The molecule has 190 valence electrons. The van der Waals surface area contributed by atoms with Crippen LogP contribution in [-0.2, 0) is 0 Å². The summed E-state index contributed by atoms with van der Waals surface area (Å²) in [6, 6.07) is 0. The Balaban J connectivity index is 1.92. The molecule has 0 aromatic heterocycles. The van der Waals surface area contributed by atoms with Crippen molar-refractivity contribution in [3.8, 4) is 0 Å². The molecule has 2 rings (SSSR count). The minimum atomic E-state index is -0.617. The number of fused-ring (bicyclic) bond motifs is 1. The van der Waals surface area contributed by atoms with Gasteiger partial charge in [0, 0.05) is 0 Å². The van der Waals surface area contributed by atoms with E-state index in [1.807, 2.05) is 6.92 Å². The van der Waals surface area contributed by atoms with Crippen molar-refractivity contribution < 1.29 is 15.3 Å². The second kappa shape index (κ2) is 11.7. The van der Waals surface area contributed by atoms with Gasteiger partial charge in [-0.15, -0.1) is 0 Å². The maximum absolute atomic E-state index is 11.4. The summed E-state index contributed by atoms with van der Waals surface area (Å²) in [6.07, 6.45) is 16.6. The van der Waals surface area contributed by atoms with Crippen molar-refractivity contribution in [2.75, 3.05) is 6.61 Å². The summed E-state index contributed by atoms with van der Waals surface area (Å²) >= 11 is 0. The Bertz CT molecular complexity index is 727. The van der Waals surface area contributed by atoms with Crippen LogP contribution in [0.25, 0.3) is 0 Å². The van der Waals surface area contributed by atoms with E-state index in [-0.39, 0.29) is 29.5 Å². The molecule has 0 aromatic carbocycles. The normalized spacial score (nSPS) is 35.5. The largest absolute Gasteiger partial charge is 0.393 e. The van der Waals surface area contributed by atoms with Gasteiger partial charge in [-0.05, 0) is 115 Å². The zero-order valence-corrected chi connectivity index (χ0v) is 22.6. The predicted molar refractivity (Wildman–Crippen MR) is 140 cm³/mol. The molecular formula is C30H52O3. The van der Waals surface area contributed by atoms with Crippen molar-refractivity contribution in [1.29, 1.82) is 0 Å².